The summed E-state index contributed by atoms with van der Waals surface area (Å²) < 4.78 is 11.0. The second-order valence-corrected chi connectivity index (χ2v) is 7.81. The van der Waals surface area contributed by atoms with Crippen molar-refractivity contribution < 1.29 is 19.1 Å². The number of nitrogens with one attached hydrogen (secondary N) is 1. The number of carbonyl (C=O) groups is 2. The van der Waals surface area contributed by atoms with Gasteiger partial charge in [0.25, 0.3) is 11.8 Å². The number of carbonyl (C=O) groups excluding carboxylic acids is 2. The molecule has 1 unspecified atom stereocenters. The lowest BCUT2D eigenvalue weighted by molar-refractivity contribution is 0.0940. The fourth-order valence-electron chi connectivity index (χ4n) is 3.48. The molecule has 3 aromatic rings. The van der Waals surface area contributed by atoms with Gasteiger partial charge in [0.15, 0.2) is 0 Å². The summed E-state index contributed by atoms with van der Waals surface area (Å²) in [4.78, 5) is 26.4. The molecule has 0 aromatic heterocycles. The van der Waals surface area contributed by atoms with E-state index in [1.165, 1.54) is 0 Å². The van der Waals surface area contributed by atoms with Crippen LogP contribution in [0.2, 0.25) is 0 Å². The molecule has 7 nitrogen and oxygen atoms in total. The van der Waals surface area contributed by atoms with Gasteiger partial charge in [-0.15, -0.1) is 0 Å². The molecule has 3 N–H and O–H groups in total. The molecule has 172 valence electrons. The number of methoxy groups -OCH3 is 1. The Labute approximate surface area is 194 Å². The van der Waals surface area contributed by atoms with Gasteiger partial charge in [-0.05, 0) is 61.6 Å². The SMILES string of the molecule is COc1ccc(C(CNC(=O)c2cccc(COc3ccccc3C(N)=O)c2)N(C)C)cc1. The Kier molecular flexibility index (Phi) is 8.05. The molecule has 0 saturated heterocycles. The van der Waals surface area contributed by atoms with Gasteiger partial charge in [-0.2, -0.15) is 0 Å². The summed E-state index contributed by atoms with van der Waals surface area (Å²) in [7, 11) is 5.58. The minimum absolute atomic E-state index is 0.0108. The highest BCUT2D eigenvalue weighted by Crippen LogP contribution is 2.21. The Balaban J connectivity index is 1.64. The third-order valence-corrected chi connectivity index (χ3v) is 5.32. The molecule has 0 aliphatic carbocycles. The van der Waals surface area contributed by atoms with Gasteiger partial charge in [-0.25, -0.2) is 0 Å². The van der Waals surface area contributed by atoms with E-state index >= 15 is 0 Å². The van der Waals surface area contributed by atoms with E-state index < -0.39 is 5.91 Å². The number of benzene rings is 3. The van der Waals surface area contributed by atoms with Gasteiger partial charge in [0.2, 0.25) is 0 Å². The Morgan fingerprint density at radius 3 is 2.39 bits per heavy atom. The predicted molar refractivity (Wildman–Crippen MR) is 127 cm³/mol. The van der Waals surface area contributed by atoms with E-state index in [9.17, 15) is 9.59 Å². The fourth-order valence-corrected chi connectivity index (χ4v) is 3.48. The quantitative estimate of drug-likeness (QED) is 0.497. The third kappa shape index (κ3) is 6.33. The van der Waals surface area contributed by atoms with E-state index in [1.807, 2.05) is 44.4 Å². The standard InChI is InChI=1S/C26H29N3O4/c1-29(2)23(19-11-13-21(32-3)14-12-19)16-28-26(31)20-8-6-7-18(15-20)17-33-24-10-5-4-9-22(24)25(27)30/h4-15,23H,16-17H2,1-3H3,(H2,27,30)(H,28,31). The van der Waals surface area contributed by atoms with Gasteiger partial charge in [-0.1, -0.05) is 36.4 Å². The summed E-state index contributed by atoms with van der Waals surface area (Å²) in [6, 6.07) is 21.8. The number of likely N-dealkylation sites (N-methyl/N-ethyl adjacent to an activating group) is 1. The van der Waals surface area contributed by atoms with Crippen molar-refractivity contribution in [2.45, 2.75) is 12.6 Å². The molecule has 0 fully saturated rings. The van der Waals surface area contributed by atoms with E-state index in [0.29, 0.717) is 23.4 Å². The molecule has 0 aliphatic rings. The van der Waals surface area contributed by atoms with Crippen molar-refractivity contribution in [1.29, 1.82) is 0 Å². The van der Waals surface area contributed by atoms with Crippen LogP contribution >= 0.6 is 0 Å². The summed E-state index contributed by atoms with van der Waals surface area (Å²) in [6.07, 6.45) is 0. The molecular formula is C26H29N3O4. The number of nitrogens with two attached hydrogens (primary N) is 1. The van der Waals surface area contributed by atoms with Crippen molar-refractivity contribution >= 4 is 11.8 Å². The van der Waals surface area contributed by atoms with Gasteiger partial charge >= 0.3 is 0 Å². The first-order valence-electron chi connectivity index (χ1n) is 10.6. The molecule has 0 spiro atoms. The van der Waals surface area contributed by atoms with Crippen LogP contribution in [-0.4, -0.2) is 44.5 Å². The molecule has 7 heteroatoms. The maximum atomic E-state index is 12.8. The second-order valence-electron chi connectivity index (χ2n) is 7.81. The lowest BCUT2D eigenvalue weighted by Crippen LogP contribution is -2.34. The van der Waals surface area contributed by atoms with Gasteiger partial charge in [0, 0.05) is 12.1 Å². The van der Waals surface area contributed by atoms with Crippen molar-refractivity contribution in [3.05, 3.63) is 95.1 Å². The number of para-hydroxylation sites is 1. The monoisotopic (exact) mass is 447 g/mol. The van der Waals surface area contributed by atoms with E-state index in [0.717, 1.165) is 16.9 Å². The summed E-state index contributed by atoms with van der Waals surface area (Å²) in [5.74, 6) is 0.478. The minimum atomic E-state index is -0.550. The fraction of sp³-hybridized carbons (Fsp3) is 0.231. The predicted octanol–water partition coefficient (Wildman–Crippen LogP) is 3.41. The zero-order valence-electron chi connectivity index (χ0n) is 19.1. The Morgan fingerprint density at radius 2 is 1.73 bits per heavy atom. The van der Waals surface area contributed by atoms with E-state index in [-0.39, 0.29) is 18.6 Å². The summed E-state index contributed by atoms with van der Waals surface area (Å²) in [5, 5.41) is 3.02. The number of primary amides is 1. The largest absolute Gasteiger partial charge is 0.497 e. The molecule has 0 bridgehead atoms. The van der Waals surface area contributed by atoms with Crippen LogP contribution in [0.4, 0.5) is 0 Å². The average molecular weight is 448 g/mol. The Morgan fingerprint density at radius 1 is 1.00 bits per heavy atom. The van der Waals surface area contributed by atoms with Gasteiger partial charge < -0.3 is 25.4 Å². The van der Waals surface area contributed by atoms with Gasteiger partial charge in [-0.3, -0.25) is 9.59 Å². The molecule has 33 heavy (non-hydrogen) atoms. The molecule has 2 amide bonds. The Hall–Kier alpha value is -3.84. The molecule has 0 saturated carbocycles. The van der Waals surface area contributed by atoms with Crippen LogP contribution in [-0.2, 0) is 6.61 Å². The number of ether oxygens (including phenoxy) is 2. The second kappa shape index (κ2) is 11.2. The highest BCUT2D eigenvalue weighted by atomic mass is 16.5. The van der Waals surface area contributed by atoms with Crippen LogP contribution in [0.3, 0.4) is 0 Å². The molecule has 3 aromatic carbocycles. The number of amides is 2. The van der Waals surface area contributed by atoms with E-state index in [2.05, 4.69) is 10.2 Å². The lowest BCUT2D eigenvalue weighted by Gasteiger charge is -2.25. The lowest BCUT2D eigenvalue weighted by atomic mass is 10.1. The van der Waals surface area contributed by atoms with Crippen LogP contribution in [0.1, 0.15) is 37.9 Å². The zero-order chi connectivity index (χ0) is 23.8. The number of hydrogen-bond acceptors (Lipinski definition) is 5. The highest BCUT2D eigenvalue weighted by Gasteiger charge is 2.16. The minimum Gasteiger partial charge on any atom is -0.497 e. The van der Waals surface area contributed by atoms with Crippen molar-refractivity contribution in [1.82, 2.24) is 10.2 Å². The van der Waals surface area contributed by atoms with Crippen molar-refractivity contribution in [2.24, 2.45) is 5.73 Å². The van der Waals surface area contributed by atoms with Crippen LogP contribution in [0.15, 0.2) is 72.8 Å². The van der Waals surface area contributed by atoms with Crippen LogP contribution in [0.25, 0.3) is 0 Å². The van der Waals surface area contributed by atoms with Crippen LogP contribution < -0.4 is 20.5 Å². The normalized spacial score (nSPS) is 11.6. The number of rotatable bonds is 10. The molecule has 0 radical (unpaired) electrons. The maximum Gasteiger partial charge on any atom is 0.252 e. The van der Waals surface area contributed by atoms with Crippen LogP contribution in [0.5, 0.6) is 11.5 Å². The van der Waals surface area contributed by atoms with Gasteiger partial charge in [0.05, 0.1) is 18.7 Å². The third-order valence-electron chi connectivity index (χ3n) is 5.32. The Bertz CT molecular complexity index is 1100. The topological polar surface area (TPSA) is 93.9 Å². The smallest absolute Gasteiger partial charge is 0.252 e. The first-order chi connectivity index (χ1) is 15.9. The van der Waals surface area contributed by atoms with Gasteiger partial charge in [0.1, 0.15) is 18.1 Å². The van der Waals surface area contributed by atoms with Crippen molar-refractivity contribution in [3.63, 3.8) is 0 Å². The van der Waals surface area contributed by atoms with Crippen LogP contribution in [0, 0.1) is 0 Å². The summed E-state index contributed by atoms with van der Waals surface area (Å²) in [5.41, 5.74) is 8.14. The molecule has 0 aliphatic heterocycles. The first-order valence-corrected chi connectivity index (χ1v) is 10.6. The van der Waals surface area contributed by atoms with E-state index in [1.54, 1.807) is 49.6 Å². The number of nitrogens with zero attached hydrogens (tertiary/aromatic N) is 1. The zero-order valence-corrected chi connectivity index (χ0v) is 19.1. The first kappa shape index (κ1) is 23.8. The van der Waals surface area contributed by atoms with Crippen molar-refractivity contribution in [2.75, 3.05) is 27.7 Å². The molecule has 0 heterocycles. The van der Waals surface area contributed by atoms with E-state index in [4.69, 9.17) is 15.2 Å². The summed E-state index contributed by atoms with van der Waals surface area (Å²) in [6.45, 7) is 0.655. The number of hydrogen-bond donors (Lipinski definition) is 2. The molecule has 1 atom stereocenters. The van der Waals surface area contributed by atoms with Crippen molar-refractivity contribution in [3.8, 4) is 11.5 Å². The maximum absolute atomic E-state index is 12.8. The average Bonchev–Trinajstić information content (AvgIpc) is 2.83. The molecule has 3 rings (SSSR count). The molecular weight excluding hydrogens is 418 g/mol. The highest BCUT2D eigenvalue weighted by molar-refractivity contribution is 5.95. The summed E-state index contributed by atoms with van der Waals surface area (Å²) >= 11 is 0.